The molecule has 0 heterocycles. The van der Waals surface area contributed by atoms with Crippen molar-refractivity contribution in [3.8, 4) is 5.75 Å². The summed E-state index contributed by atoms with van der Waals surface area (Å²) >= 11 is 0. The van der Waals surface area contributed by atoms with Gasteiger partial charge in [-0.25, -0.2) is 0 Å². The second kappa shape index (κ2) is 9.33. The molecule has 0 bridgehead atoms. The maximum atomic E-state index is 12.2. The van der Waals surface area contributed by atoms with E-state index in [2.05, 4.69) is 5.32 Å². The van der Waals surface area contributed by atoms with Crippen LogP contribution in [0.1, 0.15) is 34.3 Å². The van der Waals surface area contributed by atoms with Gasteiger partial charge in [0, 0.05) is 30.2 Å². The minimum Gasteiger partial charge on any atom is -0.494 e. The number of hydrogen-bond acceptors (Lipinski definition) is 5. The normalized spacial score (nSPS) is 10.3. The first-order valence-corrected chi connectivity index (χ1v) is 8.33. The van der Waals surface area contributed by atoms with Crippen LogP contribution in [-0.4, -0.2) is 28.5 Å². The minimum absolute atomic E-state index is 0.0568. The van der Waals surface area contributed by atoms with E-state index >= 15 is 0 Å². The molecule has 0 unspecified atom stereocenters. The Hall–Kier alpha value is -3.42. The summed E-state index contributed by atoms with van der Waals surface area (Å²) in [6.07, 6.45) is 0.483. The highest BCUT2D eigenvalue weighted by Gasteiger charge is 2.14. The van der Waals surface area contributed by atoms with Crippen molar-refractivity contribution in [1.29, 1.82) is 0 Å². The number of aliphatic carboxylic acids is 1. The fourth-order valence-corrected chi connectivity index (χ4v) is 2.35. The van der Waals surface area contributed by atoms with Crippen LogP contribution < -0.4 is 10.1 Å². The number of amides is 1. The molecule has 0 spiro atoms. The molecule has 1 amide bonds. The number of nitrogens with zero attached hydrogens (tertiary/aromatic N) is 1. The third-order valence-corrected chi connectivity index (χ3v) is 3.85. The van der Waals surface area contributed by atoms with E-state index in [0.717, 1.165) is 5.56 Å². The maximum Gasteiger partial charge on any atom is 0.303 e. The van der Waals surface area contributed by atoms with E-state index in [-0.39, 0.29) is 24.2 Å². The summed E-state index contributed by atoms with van der Waals surface area (Å²) in [7, 11) is 0. The van der Waals surface area contributed by atoms with E-state index in [1.54, 1.807) is 43.3 Å². The first-order chi connectivity index (χ1) is 12.9. The van der Waals surface area contributed by atoms with Crippen molar-refractivity contribution in [1.82, 2.24) is 5.32 Å². The lowest BCUT2D eigenvalue weighted by Crippen LogP contribution is -2.22. The number of nitro groups is 1. The molecule has 8 heteroatoms. The van der Waals surface area contributed by atoms with Gasteiger partial charge in [0.15, 0.2) is 0 Å². The SMILES string of the molecule is Cc1ccc(C(=O)NCc2ccc(OCCCC(=O)O)cc2)cc1[N+](=O)[O-]. The average Bonchev–Trinajstić information content (AvgIpc) is 2.64. The van der Waals surface area contributed by atoms with E-state index in [1.807, 2.05) is 0 Å². The third-order valence-electron chi connectivity index (χ3n) is 3.85. The van der Waals surface area contributed by atoms with E-state index in [4.69, 9.17) is 9.84 Å². The Morgan fingerprint density at radius 2 is 1.89 bits per heavy atom. The Balaban J connectivity index is 1.87. The quantitative estimate of drug-likeness (QED) is 0.397. The highest BCUT2D eigenvalue weighted by Crippen LogP contribution is 2.19. The fraction of sp³-hybridized carbons (Fsp3) is 0.263. The number of carboxylic acid groups (broad SMARTS) is 1. The first kappa shape index (κ1) is 19.9. The molecule has 0 radical (unpaired) electrons. The highest BCUT2D eigenvalue weighted by molar-refractivity contribution is 5.94. The number of aryl methyl sites for hydroxylation is 1. The molecule has 0 saturated heterocycles. The number of carboxylic acids is 1. The number of carbonyl (C=O) groups is 2. The largest absolute Gasteiger partial charge is 0.494 e. The molecule has 0 aromatic heterocycles. The first-order valence-electron chi connectivity index (χ1n) is 8.33. The molecule has 2 aromatic carbocycles. The van der Waals surface area contributed by atoms with Gasteiger partial charge in [0.2, 0.25) is 0 Å². The summed E-state index contributed by atoms with van der Waals surface area (Å²) in [6, 6.07) is 11.4. The molecule has 142 valence electrons. The Morgan fingerprint density at radius 1 is 1.19 bits per heavy atom. The van der Waals surface area contributed by atoms with Crippen molar-refractivity contribution in [2.24, 2.45) is 0 Å². The molecule has 0 aliphatic carbocycles. The van der Waals surface area contributed by atoms with Crippen LogP contribution >= 0.6 is 0 Å². The van der Waals surface area contributed by atoms with Crippen molar-refractivity contribution in [3.63, 3.8) is 0 Å². The van der Waals surface area contributed by atoms with Crippen LogP contribution in [0.2, 0.25) is 0 Å². The lowest BCUT2D eigenvalue weighted by molar-refractivity contribution is -0.385. The zero-order chi connectivity index (χ0) is 19.8. The van der Waals surface area contributed by atoms with Crippen LogP contribution in [0.15, 0.2) is 42.5 Å². The Kier molecular flexibility index (Phi) is 6.87. The topological polar surface area (TPSA) is 119 Å². The number of benzene rings is 2. The fourth-order valence-electron chi connectivity index (χ4n) is 2.35. The third kappa shape index (κ3) is 6.10. The van der Waals surface area contributed by atoms with Gasteiger partial charge in [0.25, 0.3) is 11.6 Å². The summed E-state index contributed by atoms with van der Waals surface area (Å²) in [5, 5.41) is 22.3. The average molecular weight is 372 g/mol. The second-order valence-electron chi connectivity index (χ2n) is 5.93. The van der Waals surface area contributed by atoms with Crippen LogP contribution in [0.3, 0.4) is 0 Å². The number of hydrogen-bond donors (Lipinski definition) is 2. The van der Waals surface area contributed by atoms with Crippen molar-refractivity contribution in [2.75, 3.05) is 6.61 Å². The van der Waals surface area contributed by atoms with Gasteiger partial charge in [-0.2, -0.15) is 0 Å². The second-order valence-corrected chi connectivity index (χ2v) is 5.93. The van der Waals surface area contributed by atoms with Gasteiger partial charge in [-0.05, 0) is 37.1 Å². The van der Waals surface area contributed by atoms with E-state index in [9.17, 15) is 19.7 Å². The summed E-state index contributed by atoms with van der Waals surface area (Å²) in [6.45, 7) is 2.19. The number of ether oxygens (including phenoxy) is 1. The van der Waals surface area contributed by atoms with Gasteiger partial charge in [0.1, 0.15) is 5.75 Å². The van der Waals surface area contributed by atoms with Crippen LogP contribution in [0.5, 0.6) is 5.75 Å². The Bertz CT molecular complexity index is 833. The Labute approximate surface area is 155 Å². The van der Waals surface area contributed by atoms with Crippen LogP contribution in [0.4, 0.5) is 5.69 Å². The summed E-state index contributed by atoms with van der Waals surface area (Å²) < 4.78 is 5.44. The molecule has 0 atom stereocenters. The number of nitro benzene ring substituents is 1. The zero-order valence-electron chi connectivity index (χ0n) is 14.8. The molecule has 0 aliphatic heterocycles. The summed E-state index contributed by atoms with van der Waals surface area (Å²) in [5.41, 5.74) is 1.47. The van der Waals surface area contributed by atoms with E-state index < -0.39 is 16.8 Å². The highest BCUT2D eigenvalue weighted by atomic mass is 16.6. The smallest absolute Gasteiger partial charge is 0.303 e. The van der Waals surface area contributed by atoms with E-state index in [0.29, 0.717) is 24.3 Å². The number of carbonyl (C=O) groups excluding carboxylic acids is 1. The molecule has 27 heavy (non-hydrogen) atoms. The van der Waals surface area contributed by atoms with Crippen molar-refractivity contribution >= 4 is 17.6 Å². The van der Waals surface area contributed by atoms with Gasteiger partial charge in [-0.1, -0.05) is 18.2 Å². The van der Waals surface area contributed by atoms with Gasteiger partial charge in [0.05, 0.1) is 11.5 Å². The predicted molar refractivity (Wildman–Crippen MR) is 97.8 cm³/mol. The number of nitrogens with one attached hydrogen (secondary N) is 1. The maximum absolute atomic E-state index is 12.2. The van der Waals surface area contributed by atoms with Crippen molar-refractivity contribution in [3.05, 3.63) is 69.3 Å². The molecule has 2 rings (SSSR count). The molecular weight excluding hydrogens is 352 g/mol. The molecular formula is C19H20N2O6. The number of rotatable bonds is 9. The van der Waals surface area contributed by atoms with Gasteiger partial charge in [-0.15, -0.1) is 0 Å². The molecule has 0 saturated carbocycles. The Morgan fingerprint density at radius 3 is 2.52 bits per heavy atom. The lowest BCUT2D eigenvalue weighted by Gasteiger charge is -2.08. The zero-order valence-corrected chi connectivity index (χ0v) is 14.8. The monoisotopic (exact) mass is 372 g/mol. The lowest BCUT2D eigenvalue weighted by atomic mass is 10.1. The molecule has 2 N–H and O–H groups in total. The van der Waals surface area contributed by atoms with Gasteiger partial charge < -0.3 is 15.2 Å². The van der Waals surface area contributed by atoms with Crippen molar-refractivity contribution < 1.29 is 24.4 Å². The molecule has 2 aromatic rings. The molecule has 8 nitrogen and oxygen atoms in total. The van der Waals surface area contributed by atoms with Crippen LogP contribution in [-0.2, 0) is 11.3 Å². The van der Waals surface area contributed by atoms with E-state index in [1.165, 1.54) is 6.07 Å². The molecule has 0 aliphatic rings. The van der Waals surface area contributed by atoms with Gasteiger partial charge >= 0.3 is 5.97 Å². The predicted octanol–water partition coefficient (Wildman–Crippen LogP) is 3.08. The van der Waals surface area contributed by atoms with Crippen LogP contribution in [0, 0.1) is 17.0 Å². The van der Waals surface area contributed by atoms with Crippen molar-refractivity contribution in [2.45, 2.75) is 26.3 Å². The standard InChI is InChI=1S/C19H20N2O6/c1-13-4-7-15(11-17(13)21(25)26)19(24)20-12-14-5-8-16(9-6-14)27-10-2-3-18(22)23/h4-9,11H,2-3,10,12H2,1H3,(H,20,24)(H,22,23). The molecule has 0 fully saturated rings. The summed E-state index contributed by atoms with van der Waals surface area (Å²) in [5.74, 6) is -0.639. The van der Waals surface area contributed by atoms with Gasteiger partial charge in [-0.3, -0.25) is 19.7 Å². The summed E-state index contributed by atoms with van der Waals surface area (Å²) in [4.78, 5) is 33.1. The van der Waals surface area contributed by atoms with Crippen LogP contribution in [0.25, 0.3) is 0 Å². The minimum atomic E-state index is -0.858.